The molecule has 0 bridgehead atoms. The van der Waals surface area contributed by atoms with Gasteiger partial charge in [-0.1, -0.05) is 115 Å². The first-order valence-corrected chi connectivity index (χ1v) is 14.0. The Bertz CT molecular complexity index is 438. The number of aldehydes is 2. The van der Waals surface area contributed by atoms with Crippen molar-refractivity contribution in [3.63, 3.8) is 0 Å². The van der Waals surface area contributed by atoms with E-state index in [0.29, 0.717) is 0 Å². The molecule has 0 saturated heterocycles. The summed E-state index contributed by atoms with van der Waals surface area (Å²) in [7, 11) is 0. The van der Waals surface area contributed by atoms with E-state index in [1.54, 1.807) is 6.08 Å². The summed E-state index contributed by atoms with van der Waals surface area (Å²) in [5.41, 5.74) is 0. The van der Waals surface area contributed by atoms with Crippen LogP contribution in [0.15, 0.2) is 24.3 Å². The lowest BCUT2D eigenvalue weighted by molar-refractivity contribution is -0.108. The third-order valence-electron chi connectivity index (χ3n) is 6.51. The average molecular weight is 447 g/mol. The normalized spacial score (nSPS) is 12.7. The Hall–Kier alpha value is -1.18. The Labute approximate surface area is 200 Å². The van der Waals surface area contributed by atoms with Crippen LogP contribution in [0.2, 0.25) is 0 Å². The SMILES string of the molecule is CCCCCC(CC/C=C\CCCCCC=O)CCCCCCCCCCC/C=C\C=O. The molecule has 0 aliphatic carbocycles. The zero-order valence-corrected chi connectivity index (χ0v) is 21.4. The van der Waals surface area contributed by atoms with Crippen molar-refractivity contribution in [3.8, 4) is 0 Å². The van der Waals surface area contributed by atoms with E-state index < -0.39 is 0 Å². The second-order valence-corrected chi connectivity index (χ2v) is 9.54. The fraction of sp³-hybridized carbons (Fsp3) is 0.800. The van der Waals surface area contributed by atoms with Gasteiger partial charge in [0.2, 0.25) is 0 Å². The van der Waals surface area contributed by atoms with Crippen LogP contribution in [0.1, 0.15) is 148 Å². The van der Waals surface area contributed by atoms with Gasteiger partial charge < -0.3 is 4.79 Å². The van der Waals surface area contributed by atoms with Gasteiger partial charge in [0.1, 0.15) is 12.6 Å². The van der Waals surface area contributed by atoms with Gasteiger partial charge in [0.05, 0.1) is 0 Å². The lowest BCUT2D eigenvalue weighted by Gasteiger charge is -2.16. The van der Waals surface area contributed by atoms with Gasteiger partial charge >= 0.3 is 0 Å². The zero-order chi connectivity index (χ0) is 23.4. The minimum absolute atomic E-state index is 0.728. The van der Waals surface area contributed by atoms with Crippen LogP contribution in [0.3, 0.4) is 0 Å². The van der Waals surface area contributed by atoms with Crippen LogP contribution >= 0.6 is 0 Å². The molecule has 0 saturated carbocycles. The van der Waals surface area contributed by atoms with E-state index in [4.69, 9.17) is 0 Å². The topological polar surface area (TPSA) is 34.1 Å². The Morgan fingerprint density at radius 2 is 1.00 bits per heavy atom. The van der Waals surface area contributed by atoms with Gasteiger partial charge in [-0.05, 0) is 56.9 Å². The van der Waals surface area contributed by atoms with Crippen LogP contribution in [0, 0.1) is 5.92 Å². The number of hydrogen-bond donors (Lipinski definition) is 0. The number of allylic oxidation sites excluding steroid dienone is 4. The highest BCUT2D eigenvalue weighted by atomic mass is 16.1. The largest absolute Gasteiger partial charge is 0.303 e. The van der Waals surface area contributed by atoms with Crippen molar-refractivity contribution in [2.75, 3.05) is 0 Å². The Morgan fingerprint density at radius 3 is 1.62 bits per heavy atom. The van der Waals surface area contributed by atoms with E-state index in [9.17, 15) is 9.59 Å². The molecule has 0 aromatic heterocycles. The molecule has 0 aliphatic rings. The summed E-state index contributed by atoms with van der Waals surface area (Å²) in [4.78, 5) is 20.5. The maximum Gasteiger partial charge on any atom is 0.142 e. The number of rotatable bonds is 26. The molecule has 1 unspecified atom stereocenters. The summed E-state index contributed by atoms with van der Waals surface area (Å²) in [6, 6.07) is 0. The van der Waals surface area contributed by atoms with Gasteiger partial charge in [0.15, 0.2) is 0 Å². The van der Waals surface area contributed by atoms with Crippen LogP contribution in [-0.2, 0) is 9.59 Å². The molecule has 0 heterocycles. The van der Waals surface area contributed by atoms with Gasteiger partial charge in [0, 0.05) is 6.42 Å². The minimum atomic E-state index is 0.728. The second-order valence-electron chi connectivity index (χ2n) is 9.54. The highest BCUT2D eigenvalue weighted by molar-refractivity contribution is 5.64. The van der Waals surface area contributed by atoms with Crippen molar-refractivity contribution in [3.05, 3.63) is 24.3 Å². The summed E-state index contributed by atoms with van der Waals surface area (Å²) in [6.45, 7) is 2.30. The molecule has 0 amide bonds. The molecular weight excluding hydrogens is 392 g/mol. The zero-order valence-electron chi connectivity index (χ0n) is 21.4. The lowest BCUT2D eigenvalue weighted by Crippen LogP contribution is -2.01. The maximum absolute atomic E-state index is 10.3. The second kappa shape index (κ2) is 27.9. The summed E-state index contributed by atoms with van der Waals surface area (Å²) < 4.78 is 0. The fourth-order valence-corrected chi connectivity index (χ4v) is 4.43. The minimum Gasteiger partial charge on any atom is -0.303 e. The van der Waals surface area contributed by atoms with Crippen molar-refractivity contribution < 1.29 is 9.59 Å². The summed E-state index contributed by atoms with van der Waals surface area (Å²) in [6.07, 6.45) is 38.6. The molecule has 2 nitrogen and oxygen atoms in total. The van der Waals surface area contributed by atoms with Crippen molar-refractivity contribution in [2.45, 2.75) is 148 Å². The van der Waals surface area contributed by atoms with Crippen molar-refractivity contribution in [1.29, 1.82) is 0 Å². The van der Waals surface area contributed by atoms with Crippen LogP contribution in [0.25, 0.3) is 0 Å². The molecule has 1 atom stereocenters. The highest BCUT2D eigenvalue weighted by Gasteiger charge is 2.07. The average Bonchev–Trinajstić information content (AvgIpc) is 2.80. The van der Waals surface area contributed by atoms with E-state index >= 15 is 0 Å². The first kappa shape index (κ1) is 30.8. The number of carbonyl (C=O) groups is 2. The summed E-state index contributed by atoms with van der Waals surface area (Å²) in [5.74, 6) is 0.923. The van der Waals surface area contributed by atoms with Crippen LogP contribution < -0.4 is 0 Å². The van der Waals surface area contributed by atoms with E-state index in [1.807, 2.05) is 6.08 Å². The molecule has 0 fully saturated rings. The van der Waals surface area contributed by atoms with E-state index in [2.05, 4.69) is 19.1 Å². The molecule has 32 heavy (non-hydrogen) atoms. The molecule has 0 radical (unpaired) electrons. The van der Waals surface area contributed by atoms with Crippen LogP contribution in [0.4, 0.5) is 0 Å². The highest BCUT2D eigenvalue weighted by Crippen LogP contribution is 2.23. The third kappa shape index (κ3) is 25.1. The van der Waals surface area contributed by atoms with E-state index in [0.717, 1.165) is 37.8 Å². The molecule has 0 aromatic carbocycles. The standard InChI is InChI=1S/C30H54O2/c1-2-3-20-25-30(27-22-17-13-9-11-15-19-24-29-32)26-21-16-12-8-6-4-5-7-10-14-18-23-28-31/h13,17-18,23,28-30H,2-12,14-16,19-22,24-27H2,1H3/b17-13-,23-18-. The van der Waals surface area contributed by atoms with Gasteiger partial charge in [-0.25, -0.2) is 0 Å². The number of unbranched alkanes of at least 4 members (excludes halogenated alkanes) is 15. The monoisotopic (exact) mass is 446 g/mol. The summed E-state index contributed by atoms with van der Waals surface area (Å²) in [5, 5.41) is 0. The van der Waals surface area contributed by atoms with Crippen molar-refractivity contribution >= 4 is 12.6 Å². The van der Waals surface area contributed by atoms with Crippen molar-refractivity contribution in [1.82, 2.24) is 0 Å². The molecule has 0 N–H and O–H groups in total. The third-order valence-corrected chi connectivity index (χ3v) is 6.51. The number of carbonyl (C=O) groups excluding carboxylic acids is 2. The predicted molar refractivity (Wildman–Crippen MR) is 141 cm³/mol. The molecule has 186 valence electrons. The predicted octanol–water partition coefficient (Wildman–Crippen LogP) is 9.71. The summed E-state index contributed by atoms with van der Waals surface area (Å²) >= 11 is 0. The van der Waals surface area contributed by atoms with Gasteiger partial charge in [-0.2, -0.15) is 0 Å². The number of hydrogen-bond acceptors (Lipinski definition) is 2. The molecule has 2 heteroatoms. The molecule has 0 aromatic rings. The lowest BCUT2D eigenvalue weighted by atomic mass is 9.90. The quantitative estimate of drug-likeness (QED) is 0.0573. The Balaban J connectivity index is 3.69. The fourth-order valence-electron chi connectivity index (χ4n) is 4.43. The van der Waals surface area contributed by atoms with Gasteiger partial charge in [-0.15, -0.1) is 0 Å². The Morgan fingerprint density at radius 1 is 0.500 bits per heavy atom. The van der Waals surface area contributed by atoms with Crippen molar-refractivity contribution in [2.24, 2.45) is 5.92 Å². The van der Waals surface area contributed by atoms with Gasteiger partial charge in [0.25, 0.3) is 0 Å². The van der Waals surface area contributed by atoms with E-state index in [-0.39, 0.29) is 0 Å². The maximum atomic E-state index is 10.3. The molecule has 0 spiro atoms. The molecule has 0 rings (SSSR count). The smallest absolute Gasteiger partial charge is 0.142 e. The van der Waals surface area contributed by atoms with Crippen LogP contribution in [0.5, 0.6) is 0 Å². The van der Waals surface area contributed by atoms with E-state index in [1.165, 1.54) is 122 Å². The molecular formula is C30H54O2. The van der Waals surface area contributed by atoms with Crippen LogP contribution in [-0.4, -0.2) is 12.6 Å². The first-order valence-electron chi connectivity index (χ1n) is 14.0. The van der Waals surface area contributed by atoms with Gasteiger partial charge in [-0.3, -0.25) is 4.79 Å². The molecule has 0 aliphatic heterocycles. The Kier molecular flexibility index (Phi) is 26.8. The first-order chi connectivity index (χ1) is 15.8.